The number of hydrogen-bond acceptors (Lipinski definition) is 6. The van der Waals surface area contributed by atoms with Crippen LogP contribution in [0.1, 0.15) is 30.5 Å². The highest BCUT2D eigenvalue weighted by Crippen LogP contribution is 2.26. The second-order valence-electron chi connectivity index (χ2n) is 6.53. The summed E-state index contributed by atoms with van der Waals surface area (Å²) in [5, 5.41) is 2.97. The van der Waals surface area contributed by atoms with Crippen molar-refractivity contribution in [3.05, 3.63) is 53.6 Å². The minimum absolute atomic E-state index is 0.0641. The number of benzene rings is 2. The van der Waals surface area contributed by atoms with Gasteiger partial charge in [0.2, 0.25) is 5.91 Å². The molecule has 2 aromatic rings. The van der Waals surface area contributed by atoms with Crippen molar-refractivity contribution in [2.45, 2.75) is 32.0 Å². The van der Waals surface area contributed by atoms with Gasteiger partial charge in [0.05, 0.1) is 20.8 Å². The highest BCUT2D eigenvalue weighted by molar-refractivity contribution is 5.82. The number of methoxy groups -OCH3 is 2. The number of hydrazine groups is 1. The van der Waals surface area contributed by atoms with Crippen molar-refractivity contribution < 1.29 is 19.0 Å². The van der Waals surface area contributed by atoms with Gasteiger partial charge in [-0.3, -0.25) is 4.79 Å². The molecule has 0 saturated carbocycles. The lowest BCUT2D eigenvalue weighted by atomic mass is 10.0. The van der Waals surface area contributed by atoms with Crippen LogP contribution < -0.4 is 30.4 Å². The van der Waals surface area contributed by atoms with Gasteiger partial charge in [-0.25, -0.2) is 10.9 Å². The maximum atomic E-state index is 12.6. The van der Waals surface area contributed by atoms with Crippen molar-refractivity contribution in [3.63, 3.8) is 0 Å². The molecule has 1 aliphatic rings. The number of nitrogens with one attached hydrogen (secondary N) is 3. The largest absolute Gasteiger partial charge is 0.497 e. The van der Waals surface area contributed by atoms with E-state index in [1.807, 2.05) is 49.4 Å². The third-order valence-corrected chi connectivity index (χ3v) is 4.75. The van der Waals surface area contributed by atoms with Gasteiger partial charge in [-0.15, -0.1) is 0 Å². The average Bonchev–Trinajstić information content (AvgIpc) is 3.23. The number of hydrogen-bond donors (Lipinski definition) is 3. The zero-order valence-corrected chi connectivity index (χ0v) is 16.5. The van der Waals surface area contributed by atoms with Gasteiger partial charge in [-0.1, -0.05) is 12.1 Å². The number of rotatable bonds is 8. The third kappa shape index (κ3) is 4.74. The van der Waals surface area contributed by atoms with Crippen LogP contribution in [0.2, 0.25) is 0 Å². The molecule has 7 nitrogen and oxygen atoms in total. The summed E-state index contributed by atoms with van der Waals surface area (Å²) in [7, 11) is 3.22. The van der Waals surface area contributed by atoms with Crippen LogP contribution in [-0.2, 0) is 11.3 Å². The highest BCUT2D eigenvalue weighted by Gasteiger charge is 2.30. The van der Waals surface area contributed by atoms with E-state index in [-0.39, 0.29) is 18.0 Å². The summed E-state index contributed by atoms with van der Waals surface area (Å²) >= 11 is 0. The molecule has 0 bridgehead atoms. The summed E-state index contributed by atoms with van der Waals surface area (Å²) in [5.41, 5.74) is 8.26. The molecule has 3 rings (SSSR count). The normalized spacial score (nSPS) is 18.5. The molecule has 0 aromatic heterocycles. The maximum absolute atomic E-state index is 12.6. The Morgan fingerprint density at radius 1 is 1.07 bits per heavy atom. The van der Waals surface area contributed by atoms with Gasteiger partial charge < -0.3 is 19.5 Å². The van der Waals surface area contributed by atoms with Gasteiger partial charge in [-0.05, 0) is 49.2 Å². The van der Waals surface area contributed by atoms with E-state index in [0.29, 0.717) is 25.3 Å². The van der Waals surface area contributed by atoms with E-state index in [1.54, 1.807) is 14.2 Å². The van der Waals surface area contributed by atoms with E-state index in [0.717, 1.165) is 22.6 Å². The Hall–Kier alpha value is -2.77. The van der Waals surface area contributed by atoms with E-state index in [2.05, 4.69) is 16.2 Å². The molecule has 2 atom stereocenters. The van der Waals surface area contributed by atoms with Crippen LogP contribution in [0.5, 0.6) is 17.2 Å². The van der Waals surface area contributed by atoms with Crippen LogP contribution in [0, 0.1) is 0 Å². The topological polar surface area (TPSA) is 80.9 Å². The SMILES string of the molecule is CCOc1ccc(C2CC(C(=O)NCc3cc(OC)ccc3OC)NN2)cc1. The molecule has 1 amide bonds. The summed E-state index contributed by atoms with van der Waals surface area (Å²) in [6.45, 7) is 2.97. The van der Waals surface area contributed by atoms with Crippen LogP contribution in [0.3, 0.4) is 0 Å². The van der Waals surface area contributed by atoms with Crippen molar-refractivity contribution in [2.24, 2.45) is 0 Å². The zero-order valence-electron chi connectivity index (χ0n) is 16.5. The number of ether oxygens (including phenoxy) is 3. The molecule has 1 heterocycles. The Balaban J connectivity index is 1.56. The molecular weight excluding hydrogens is 358 g/mol. The second-order valence-corrected chi connectivity index (χ2v) is 6.53. The third-order valence-electron chi connectivity index (χ3n) is 4.75. The number of amides is 1. The molecule has 1 aliphatic heterocycles. The molecule has 0 aliphatic carbocycles. The maximum Gasteiger partial charge on any atom is 0.238 e. The van der Waals surface area contributed by atoms with Crippen LogP contribution in [-0.4, -0.2) is 32.8 Å². The Morgan fingerprint density at radius 2 is 1.82 bits per heavy atom. The molecule has 0 spiro atoms. The predicted molar refractivity (Wildman–Crippen MR) is 106 cm³/mol. The fourth-order valence-electron chi connectivity index (χ4n) is 3.24. The highest BCUT2D eigenvalue weighted by atomic mass is 16.5. The van der Waals surface area contributed by atoms with Crippen molar-refractivity contribution in [1.82, 2.24) is 16.2 Å². The van der Waals surface area contributed by atoms with Gasteiger partial charge >= 0.3 is 0 Å². The molecule has 1 fully saturated rings. The van der Waals surface area contributed by atoms with Crippen molar-refractivity contribution >= 4 is 5.91 Å². The van der Waals surface area contributed by atoms with Gasteiger partial charge in [0, 0.05) is 18.2 Å². The lowest BCUT2D eigenvalue weighted by molar-refractivity contribution is -0.123. The zero-order chi connectivity index (χ0) is 19.9. The van der Waals surface area contributed by atoms with Crippen molar-refractivity contribution in [1.29, 1.82) is 0 Å². The molecule has 3 N–H and O–H groups in total. The van der Waals surface area contributed by atoms with E-state index in [1.165, 1.54) is 0 Å². The minimum Gasteiger partial charge on any atom is -0.497 e. The van der Waals surface area contributed by atoms with E-state index in [4.69, 9.17) is 14.2 Å². The van der Waals surface area contributed by atoms with Crippen LogP contribution in [0.4, 0.5) is 0 Å². The Morgan fingerprint density at radius 3 is 2.50 bits per heavy atom. The van der Waals surface area contributed by atoms with Crippen molar-refractivity contribution in [3.8, 4) is 17.2 Å². The molecular formula is C21H27N3O4. The van der Waals surface area contributed by atoms with Gasteiger partial charge in [0.1, 0.15) is 23.3 Å². The van der Waals surface area contributed by atoms with Crippen molar-refractivity contribution in [2.75, 3.05) is 20.8 Å². The van der Waals surface area contributed by atoms with Gasteiger partial charge in [0.15, 0.2) is 0 Å². The molecule has 1 saturated heterocycles. The minimum atomic E-state index is -0.312. The monoisotopic (exact) mass is 385 g/mol. The van der Waals surface area contributed by atoms with E-state index < -0.39 is 0 Å². The summed E-state index contributed by atoms with van der Waals surface area (Å²) in [6, 6.07) is 13.2. The summed E-state index contributed by atoms with van der Waals surface area (Å²) < 4.78 is 16.1. The smallest absolute Gasteiger partial charge is 0.238 e. The first-order valence-electron chi connectivity index (χ1n) is 9.37. The van der Waals surface area contributed by atoms with E-state index >= 15 is 0 Å². The van der Waals surface area contributed by atoms with E-state index in [9.17, 15) is 4.79 Å². The quantitative estimate of drug-likeness (QED) is 0.647. The standard InChI is InChI=1S/C21H27N3O4/c1-4-28-16-7-5-14(6-8-16)18-12-19(24-23-18)21(25)22-13-15-11-17(26-2)9-10-20(15)27-3/h5-11,18-19,23-24H,4,12-13H2,1-3H3,(H,22,25). The molecule has 0 radical (unpaired) electrons. The Labute approximate surface area is 165 Å². The first-order valence-corrected chi connectivity index (χ1v) is 9.37. The van der Waals surface area contributed by atoms with Crippen LogP contribution in [0.25, 0.3) is 0 Å². The molecule has 150 valence electrons. The summed E-state index contributed by atoms with van der Waals surface area (Å²) in [5.74, 6) is 2.22. The molecule has 28 heavy (non-hydrogen) atoms. The van der Waals surface area contributed by atoms with Crippen LogP contribution in [0.15, 0.2) is 42.5 Å². The summed E-state index contributed by atoms with van der Waals surface area (Å²) in [4.78, 5) is 12.6. The molecule has 2 unspecified atom stereocenters. The second kappa shape index (κ2) is 9.43. The summed E-state index contributed by atoms with van der Waals surface area (Å²) in [6.07, 6.45) is 0.662. The lowest BCUT2D eigenvalue weighted by Gasteiger charge is -2.14. The first kappa shape index (κ1) is 20.0. The number of carbonyl (C=O) groups is 1. The number of carbonyl (C=O) groups excluding carboxylic acids is 1. The van der Waals surface area contributed by atoms with Crippen LogP contribution >= 0.6 is 0 Å². The first-order chi connectivity index (χ1) is 13.6. The van der Waals surface area contributed by atoms with Gasteiger partial charge in [0.25, 0.3) is 0 Å². The predicted octanol–water partition coefficient (Wildman–Crippen LogP) is 2.33. The Kier molecular flexibility index (Phi) is 6.73. The molecule has 7 heteroatoms. The Bertz CT molecular complexity index is 795. The lowest BCUT2D eigenvalue weighted by Crippen LogP contribution is -2.42. The fourth-order valence-corrected chi connectivity index (χ4v) is 3.24. The average molecular weight is 385 g/mol. The molecule has 2 aromatic carbocycles. The fraction of sp³-hybridized carbons (Fsp3) is 0.381. The van der Waals surface area contributed by atoms with Gasteiger partial charge in [-0.2, -0.15) is 0 Å².